The van der Waals surface area contributed by atoms with E-state index in [1.54, 1.807) is 0 Å². The van der Waals surface area contributed by atoms with E-state index in [9.17, 15) is 0 Å². The zero-order valence-electron chi connectivity index (χ0n) is 20.7. The number of aryl methyl sites for hydroxylation is 1. The fraction of sp³-hybridized carbons (Fsp3) is 0.548. The quantitative estimate of drug-likeness (QED) is 0.140. The Morgan fingerprint density at radius 2 is 1.03 bits per heavy atom. The SMILES string of the molecule is CCCCCCCCCCCCCCCCCc1ccc2c(c1)sc1c3ccccc3sc21. The van der Waals surface area contributed by atoms with E-state index in [0.29, 0.717) is 0 Å². The Balaban J connectivity index is 1.08. The molecular weight excluding hydrogens is 436 g/mol. The van der Waals surface area contributed by atoms with E-state index in [1.165, 1.54) is 138 Å². The zero-order valence-corrected chi connectivity index (χ0v) is 22.3. The van der Waals surface area contributed by atoms with Crippen molar-refractivity contribution in [2.75, 3.05) is 0 Å². The third-order valence-corrected chi connectivity index (χ3v) is 9.64. The highest BCUT2D eigenvalue weighted by molar-refractivity contribution is 7.36. The van der Waals surface area contributed by atoms with E-state index < -0.39 is 0 Å². The van der Waals surface area contributed by atoms with Crippen molar-refractivity contribution < 1.29 is 0 Å². The predicted octanol–water partition coefficient (Wildman–Crippen LogP) is 11.7. The zero-order chi connectivity index (χ0) is 22.7. The van der Waals surface area contributed by atoms with Gasteiger partial charge in [-0.15, -0.1) is 22.7 Å². The van der Waals surface area contributed by atoms with Gasteiger partial charge in [0.2, 0.25) is 0 Å². The summed E-state index contributed by atoms with van der Waals surface area (Å²) in [5.41, 5.74) is 1.52. The van der Waals surface area contributed by atoms with Gasteiger partial charge in [0, 0.05) is 20.2 Å². The summed E-state index contributed by atoms with van der Waals surface area (Å²) in [6, 6.07) is 16.1. The molecule has 0 amide bonds. The third-order valence-electron chi connectivity index (χ3n) is 7.12. The van der Waals surface area contributed by atoms with Gasteiger partial charge in [-0.3, -0.25) is 0 Å². The van der Waals surface area contributed by atoms with Crippen molar-refractivity contribution in [3.63, 3.8) is 0 Å². The van der Waals surface area contributed by atoms with Gasteiger partial charge in [-0.25, -0.2) is 0 Å². The number of hydrogen-bond donors (Lipinski definition) is 0. The van der Waals surface area contributed by atoms with E-state index in [1.807, 2.05) is 22.7 Å². The summed E-state index contributed by atoms with van der Waals surface area (Å²) >= 11 is 3.94. The van der Waals surface area contributed by atoms with Crippen molar-refractivity contribution in [2.45, 2.75) is 110 Å². The average Bonchev–Trinajstić information content (AvgIpc) is 3.37. The number of rotatable bonds is 16. The second-order valence-corrected chi connectivity index (χ2v) is 12.0. The van der Waals surface area contributed by atoms with E-state index >= 15 is 0 Å². The average molecular weight is 479 g/mol. The Labute approximate surface area is 209 Å². The van der Waals surface area contributed by atoms with Crippen LogP contribution in [0.25, 0.3) is 29.6 Å². The second kappa shape index (κ2) is 13.5. The monoisotopic (exact) mass is 478 g/mol. The molecule has 0 saturated heterocycles. The highest BCUT2D eigenvalue weighted by atomic mass is 32.1. The Bertz CT molecular complexity index is 1100. The van der Waals surface area contributed by atoms with Crippen molar-refractivity contribution in [3.05, 3.63) is 48.0 Å². The molecule has 0 radical (unpaired) electrons. The predicted molar refractivity (Wildman–Crippen MR) is 153 cm³/mol. The smallest absolute Gasteiger partial charge is 0.0542 e. The first-order chi connectivity index (χ1) is 16.4. The maximum absolute atomic E-state index is 2.46. The van der Waals surface area contributed by atoms with Gasteiger partial charge in [-0.05, 0) is 30.5 Å². The van der Waals surface area contributed by atoms with E-state index in [0.717, 1.165) is 0 Å². The molecule has 0 saturated carbocycles. The van der Waals surface area contributed by atoms with Crippen LogP contribution in [0.3, 0.4) is 0 Å². The Morgan fingerprint density at radius 3 is 1.67 bits per heavy atom. The van der Waals surface area contributed by atoms with E-state index in [4.69, 9.17) is 0 Å². The lowest BCUT2D eigenvalue weighted by Gasteiger charge is -2.04. The molecule has 0 aliphatic heterocycles. The summed E-state index contributed by atoms with van der Waals surface area (Å²) < 4.78 is 5.85. The van der Waals surface area contributed by atoms with Crippen molar-refractivity contribution in [2.24, 2.45) is 0 Å². The van der Waals surface area contributed by atoms with Crippen molar-refractivity contribution in [3.8, 4) is 0 Å². The normalized spacial score (nSPS) is 11.9. The van der Waals surface area contributed by atoms with Gasteiger partial charge in [0.05, 0.1) is 9.40 Å². The fourth-order valence-corrected chi connectivity index (χ4v) is 7.82. The molecule has 0 unspecified atom stereocenters. The lowest BCUT2D eigenvalue weighted by atomic mass is 10.0. The van der Waals surface area contributed by atoms with Crippen LogP contribution in [0.2, 0.25) is 0 Å². The minimum Gasteiger partial charge on any atom is -0.134 e. The number of hydrogen-bond acceptors (Lipinski definition) is 2. The number of thiophene rings is 2. The number of fused-ring (bicyclic) bond motifs is 5. The van der Waals surface area contributed by atoms with Crippen LogP contribution in [0.5, 0.6) is 0 Å². The van der Waals surface area contributed by atoms with Crippen LogP contribution in [0.4, 0.5) is 0 Å². The molecule has 0 aliphatic rings. The second-order valence-electron chi connectivity index (χ2n) is 9.89. The molecular formula is C31H42S2. The number of benzene rings is 2. The van der Waals surface area contributed by atoms with E-state index in [2.05, 4.69) is 49.4 Å². The van der Waals surface area contributed by atoms with E-state index in [-0.39, 0.29) is 0 Å². The third kappa shape index (κ3) is 7.06. The Kier molecular flexibility index (Phi) is 10.1. The van der Waals surface area contributed by atoms with Crippen LogP contribution in [0, 0.1) is 0 Å². The van der Waals surface area contributed by atoms with Crippen LogP contribution in [-0.2, 0) is 6.42 Å². The first-order valence-corrected chi connectivity index (χ1v) is 15.3. The maximum atomic E-state index is 2.46. The highest BCUT2D eigenvalue weighted by Crippen LogP contribution is 2.44. The summed E-state index contributed by atoms with van der Waals surface area (Å²) in [7, 11) is 0. The summed E-state index contributed by atoms with van der Waals surface area (Å²) in [6.07, 6.45) is 22.8. The molecule has 0 N–H and O–H groups in total. The molecule has 4 rings (SSSR count). The van der Waals surface area contributed by atoms with Crippen LogP contribution >= 0.6 is 22.7 Å². The standard InChI is InChI=1S/C31H42S2/c1-2-3-4-5-6-7-8-9-10-11-12-13-14-15-16-19-25-22-23-27-29(24-25)33-30-26-20-17-18-21-28(26)32-31(27)30/h17-18,20-24H,2-16,19H2,1H3. The lowest BCUT2D eigenvalue weighted by molar-refractivity contribution is 0.532. The molecule has 0 nitrogen and oxygen atoms in total. The van der Waals surface area contributed by atoms with Gasteiger partial charge in [0.1, 0.15) is 0 Å². The molecule has 2 aromatic heterocycles. The summed E-state index contributed by atoms with van der Waals surface area (Å²) in [5, 5.41) is 2.89. The molecule has 178 valence electrons. The van der Waals surface area contributed by atoms with Gasteiger partial charge >= 0.3 is 0 Å². The topological polar surface area (TPSA) is 0 Å². The van der Waals surface area contributed by atoms with Crippen LogP contribution in [0.1, 0.15) is 109 Å². The minimum absolute atomic E-state index is 1.24. The minimum atomic E-state index is 1.24. The first-order valence-electron chi connectivity index (χ1n) is 13.7. The molecule has 2 aromatic carbocycles. The van der Waals surface area contributed by atoms with Crippen LogP contribution in [-0.4, -0.2) is 0 Å². The van der Waals surface area contributed by atoms with Gasteiger partial charge in [-0.2, -0.15) is 0 Å². The van der Waals surface area contributed by atoms with Crippen LogP contribution < -0.4 is 0 Å². The summed E-state index contributed by atoms with van der Waals surface area (Å²) in [4.78, 5) is 0. The van der Waals surface area contributed by atoms with Gasteiger partial charge in [0.25, 0.3) is 0 Å². The first kappa shape index (κ1) is 24.7. The highest BCUT2D eigenvalue weighted by Gasteiger charge is 2.11. The summed E-state index contributed by atoms with van der Waals surface area (Å²) in [6.45, 7) is 2.30. The van der Waals surface area contributed by atoms with Crippen molar-refractivity contribution in [1.29, 1.82) is 0 Å². The van der Waals surface area contributed by atoms with Crippen molar-refractivity contribution >= 4 is 52.2 Å². The van der Waals surface area contributed by atoms with Crippen molar-refractivity contribution in [1.82, 2.24) is 0 Å². The molecule has 0 aliphatic carbocycles. The van der Waals surface area contributed by atoms with Gasteiger partial charge < -0.3 is 0 Å². The van der Waals surface area contributed by atoms with Gasteiger partial charge in [0.15, 0.2) is 0 Å². The molecule has 4 aromatic rings. The lowest BCUT2D eigenvalue weighted by Crippen LogP contribution is -1.86. The molecule has 0 bridgehead atoms. The Morgan fingerprint density at radius 1 is 0.515 bits per heavy atom. The van der Waals surface area contributed by atoms with Gasteiger partial charge in [-0.1, -0.05) is 127 Å². The molecule has 2 heteroatoms. The molecule has 0 fully saturated rings. The molecule has 33 heavy (non-hydrogen) atoms. The molecule has 0 spiro atoms. The van der Waals surface area contributed by atoms with Crippen LogP contribution in [0.15, 0.2) is 42.5 Å². The largest absolute Gasteiger partial charge is 0.134 e. The summed E-state index contributed by atoms with van der Waals surface area (Å²) in [5.74, 6) is 0. The maximum Gasteiger partial charge on any atom is 0.0542 e. The molecule has 2 heterocycles. The Hall–Kier alpha value is -1.38. The fourth-order valence-electron chi connectivity index (χ4n) is 5.11. The molecule has 0 atom stereocenters. The number of unbranched alkanes of at least 4 members (excludes halogenated alkanes) is 14.